The Morgan fingerprint density at radius 3 is 1.79 bits per heavy atom. The Hall–Kier alpha value is -1.21. The highest BCUT2D eigenvalue weighted by Gasteiger charge is 2.14. The van der Waals surface area contributed by atoms with Crippen LogP contribution in [0.5, 0.6) is 0 Å². The van der Waals surface area contributed by atoms with Crippen molar-refractivity contribution < 1.29 is 0 Å². The Kier molecular flexibility index (Phi) is 1.84. The molecule has 1 aliphatic heterocycles. The molecular weight excluding hydrogens is 188 g/mol. The zero-order chi connectivity index (χ0) is 9.38. The molecule has 3 rings (SSSR count). The van der Waals surface area contributed by atoms with Crippen LogP contribution in [-0.4, -0.2) is 0 Å². The molecule has 0 saturated carbocycles. The van der Waals surface area contributed by atoms with E-state index in [1.54, 1.807) is 0 Å². The molecule has 2 radical (unpaired) electrons. The van der Waals surface area contributed by atoms with Gasteiger partial charge in [-0.15, -0.1) is 0 Å². The Labute approximate surface area is 88.0 Å². The highest BCUT2D eigenvalue weighted by atomic mass is 32.2. The summed E-state index contributed by atoms with van der Waals surface area (Å²) in [6.07, 6.45) is 3.42. The molecule has 0 aromatic heterocycles. The number of hydrogen-bond donors (Lipinski definition) is 0. The van der Waals surface area contributed by atoms with Gasteiger partial charge in [0.1, 0.15) is 0 Å². The first kappa shape index (κ1) is 8.13. The molecule has 1 heteroatoms. The van der Waals surface area contributed by atoms with E-state index in [2.05, 4.69) is 55.0 Å². The maximum atomic E-state index is 3.42. The summed E-state index contributed by atoms with van der Waals surface area (Å²) in [6, 6.07) is 16.8. The van der Waals surface area contributed by atoms with Gasteiger partial charge in [-0.2, -0.15) is 0 Å². The first-order chi connectivity index (χ1) is 6.93. The highest BCUT2D eigenvalue weighted by Crippen LogP contribution is 2.39. The maximum absolute atomic E-state index is 3.42. The van der Waals surface area contributed by atoms with E-state index in [9.17, 15) is 0 Å². The van der Waals surface area contributed by atoms with E-state index in [-0.39, 0.29) is 0 Å². The minimum Gasteiger partial charge on any atom is -0.0895 e. The van der Waals surface area contributed by atoms with Crippen LogP contribution in [0.3, 0.4) is 0 Å². The third-order valence-electron chi connectivity index (χ3n) is 2.26. The maximum Gasteiger partial charge on any atom is 0.0525 e. The van der Waals surface area contributed by atoms with Crippen LogP contribution in [0.25, 0.3) is 0 Å². The van der Waals surface area contributed by atoms with Crippen molar-refractivity contribution in [1.82, 2.24) is 0 Å². The second-order valence-electron chi connectivity index (χ2n) is 3.22. The molecule has 0 aliphatic carbocycles. The number of rotatable bonds is 0. The second kappa shape index (κ2) is 3.18. The van der Waals surface area contributed by atoms with Crippen molar-refractivity contribution >= 4 is 11.8 Å². The smallest absolute Gasteiger partial charge is 0.0525 e. The van der Waals surface area contributed by atoms with E-state index in [1.165, 1.54) is 20.9 Å². The van der Waals surface area contributed by atoms with Crippen LogP contribution in [0.4, 0.5) is 0 Å². The van der Waals surface area contributed by atoms with Gasteiger partial charge in [-0.05, 0) is 23.3 Å². The lowest BCUT2D eigenvalue weighted by Gasteiger charge is -2.17. The number of benzene rings is 2. The fraction of sp³-hybridized carbons (Fsp3) is 0. The van der Waals surface area contributed by atoms with Crippen molar-refractivity contribution in [3.8, 4) is 0 Å². The first-order valence-electron chi connectivity index (χ1n) is 4.56. The minimum absolute atomic E-state index is 1.20. The molecule has 0 fully saturated rings. The van der Waals surface area contributed by atoms with Crippen LogP contribution >= 0.6 is 11.8 Å². The average Bonchev–Trinajstić information content (AvgIpc) is 2.26. The molecule has 0 spiro atoms. The molecule has 0 bridgehead atoms. The van der Waals surface area contributed by atoms with Gasteiger partial charge in [0, 0.05) is 9.79 Å². The summed E-state index contributed by atoms with van der Waals surface area (Å²) in [7, 11) is 0. The fourth-order valence-electron chi connectivity index (χ4n) is 1.58. The highest BCUT2D eigenvalue weighted by molar-refractivity contribution is 7.99. The van der Waals surface area contributed by atoms with Crippen molar-refractivity contribution in [3.63, 3.8) is 0 Å². The van der Waals surface area contributed by atoms with Crippen LogP contribution in [0.1, 0.15) is 11.1 Å². The third kappa shape index (κ3) is 1.25. The molecule has 0 saturated heterocycles. The van der Waals surface area contributed by atoms with E-state index >= 15 is 0 Å². The molecule has 66 valence electrons. The normalized spacial score (nSPS) is 13.1. The van der Waals surface area contributed by atoms with Gasteiger partial charge in [0.15, 0.2) is 0 Å². The fourth-order valence-corrected chi connectivity index (χ4v) is 2.57. The van der Waals surface area contributed by atoms with Gasteiger partial charge in [-0.1, -0.05) is 48.2 Å². The molecule has 0 N–H and O–H groups in total. The van der Waals surface area contributed by atoms with Crippen molar-refractivity contribution in [1.29, 1.82) is 0 Å². The largest absolute Gasteiger partial charge is 0.0895 e. The minimum atomic E-state index is 1.20. The van der Waals surface area contributed by atoms with Crippen molar-refractivity contribution in [2.75, 3.05) is 0 Å². The van der Waals surface area contributed by atoms with Gasteiger partial charge in [-0.25, -0.2) is 0 Å². The van der Waals surface area contributed by atoms with Crippen LogP contribution in [0.15, 0.2) is 58.3 Å². The average molecular weight is 196 g/mol. The Balaban J connectivity index is 2.12. The summed E-state index contributed by atoms with van der Waals surface area (Å²) in [6.45, 7) is 0. The monoisotopic (exact) mass is 196 g/mol. The molecule has 2 aromatic rings. The van der Waals surface area contributed by atoms with Gasteiger partial charge < -0.3 is 0 Å². The molecule has 1 heterocycles. The van der Waals surface area contributed by atoms with Gasteiger partial charge in [0.25, 0.3) is 0 Å². The summed E-state index contributed by atoms with van der Waals surface area (Å²) >= 11 is 1.82. The molecular formula is C13H8S. The van der Waals surface area contributed by atoms with Crippen LogP contribution in [0, 0.1) is 6.42 Å². The zero-order valence-corrected chi connectivity index (χ0v) is 8.34. The van der Waals surface area contributed by atoms with Crippen LogP contribution in [0.2, 0.25) is 0 Å². The molecule has 2 aromatic carbocycles. The Morgan fingerprint density at radius 2 is 1.21 bits per heavy atom. The summed E-state index contributed by atoms with van der Waals surface area (Å²) in [4.78, 5) is 2.59. The summed E-state index contributed by atoms with van der Waals surface area (Å²) in [5.41, 5.74) is 2.41. The molecule has 14 heavy (non-hydrogen) atoms. The van der Waals surface area contributed by atoms with E-state index < -0.39 is 0 Å². The second-order valence-corrected chi connectivity index (χ2v) is 4.30. The standard InChI is InChI=1S/C13H8S/c1-3-7-12-10(5-1)9-11-6-2-4-8-13(11)14-12/h1-8H. The van der Waals surface area contributed by atoms with Crippen molar-refractivity contribution in [3.05, 3.63) is 66.1 Å². The third-order valence-corrected chi connectivity index (χ3v) is 3.42. The lowest BCUT2D eigenvalue weighted by Crippen LogP contribution is -1.95. The summed E-state index contributed by atoms with van der Waals surface area (Å²) in [5.74, 6) is 0. The van der Waals surface area contributed by atoms with Gasteiger partial charge in [-0.3, -0.25) is 0 Å². The lowest BCUT2D eigenvalue weighted by atomic mass is 10.0. The molecule has 0 atom stereocenters. The van der Waals surface area contributed by atoms with E-state index in [1.807, 2.05) is 11.8 Å². The van der Waals surface area contributed by atoms with E-state index in [0.717, 1.165) is 0 Å². The van der Waals surface area contributed by atoms with E-state index in [4.69, 9.17) is 0 Å². The SMILES string of the molecule is [C]1c2ccccc2Sc2ccccc21. The van der Waals surface area contributed by atoms with Crippen LogP contribution < -0.4 is 0 Å². The quantitative estimate of drug-likeness (QED) is 0.529. The topological polar surface area (TPSA) is 0 Å². The predicted molar refractivity (Wildman–Crippen MR) is 58.5 cm³/mol. The number of hydrogen-bond acceptors (Lipinski definition) is 1. The van der Waals surface area contributed by atoms with Crippen LogP contribution in [-0.2, 0) is 0 Å². The zero-order valence-electron chi connectivity index (χ0n) is 7.53. The number of fused-ring (bicyclic) bond motifs is 2. The van der Waals surface area contributed by atoms with Gasteiger partial charge in [0.05, 0.1) is 6.42 Å². The predicted octanol–water partition coefficient (Wildman–Crippen LogP) is 3.63. The van der Waals surface area contributed by atoms with E-state index in [0.29, 0.717) is 0 Å². The van der Waals surface area contributed by atoms with Crippen molar-refractivity contribution in [2.45, 2.75) is 9.79 Å². The first-order valence-corrected chi connectivity index (χ1v) is 5.38. The molecule has 1 aliphatic rings. The molecule has 0 amide bonds. The molecule has 0 unspecified atom stereocenters. The van der Waals surface area contributed by atoms with Gasteiger partial charge >= 0.3 is 0 Å². The summed E-state index contributed by atoms with van der Waals surface area (Å²) in [5, 5.41) is 0. The Morgan fingerprint density at radius 1 is 0.714 bits per heavy atom. The summed E-state index contributed by atoms with van der Waals surface area (Å²) < 4.78 is 0. The lowest BCUT2D eigenvalue weighted by molar-refractivity contribution is 1.21. The Bertz CT molecular complexity index is 387. The van der Waals surface area contributed by atoms with Gasteiger partial charge in [0.2, 0.25) is 0 Å². The molecule has 0 nitrogen and oxygen atoms in total. The van der Waals surface area contributed by atoms with Crippen molar-refractivity contribution in [2.24, 2.45) is 0 Å².